The fraction of sp³-hybridized carbons (Fsp3) is 0.600. The van der Waals surface area contributed by atoms with E-state index in [0.717, 1.165) is 4.90 Å². The van der Waals surface area contributed by atoms with Crippen molar-refractivity contribution in [3.05, 3.63) is 18.1 Å². The molecule has 6 nitrogen and oxygen atoms in total. The zero-order valence-corrected chi connectivity index (χ0v) is 13.3. The fourth-order valence-electron chi connectivity index (χ4n) is 2.83. The van der Waals surface area contributed by atoms with Gasteiger partial charge >= 0.3 is 6.18 Å². The molecule has 1 aliphatic heterocycles. The molecule has 1 aliphatic rings. The molecule has 2 heterocycles. The number of alkyl halides is 3. The maximum atomic E-state index is 12.6. The number of hydrogen-bond acceptors (Lipinski definition) is 5. The molecule has 0 spiro atoms. The summed E-state index contributed by atoms with van der Waals surface area (Å²) in [4.78, 5) is 23.1. The number of piperidine rings is 1. The highest BCUT2D eigenvalue weighted by atomic mass is 19.4. The van der Waals surface area contributed by atoms with Gasteiger partial charge in [-0.3, -0.25) is 4.79 Å². The van der Waals surface area contributed by atoms with Crippen molar-refractivity contribution >= 4 is 11.7 Å². The number of aromatic nitrogens is 2. The number of carbonyl (C=O) groups is 1. The summed E-state index contributed by atoms with van der Waals surface area (Å²) in [5, 5.41) is 9.10. The van der Waals surface area contributed by atoms with Crippen molar-refractivity contribution in [1.29, 1.82) is 5.26 Å². The van der Waals surface area contributed by atoms with E-state index in [1.54, 1.807) is 4.90 Å². The van der Waals surface area contributed by atoms with E-state index < -0.39 is 24.5 Å². The number of nitriles is 1. The highest BCUT2D eigenvalue weighted by Gasteiger charge is 2.36. The summed E-state index contributed by atoms with van der Waals surface area (Å²) in [5.41, 5.74) is 0.147. The highest BCUT2D eigenvalue weighted by Crippen LogP contribution is 2.26. The largest absolute Gasteiger partial charge is 0.406 e. The molecule has 1 saturated heterocycles. The van der Waals surface area contributed by atoms with E-state index in [1.807, 2.05) is 6.07 Å². The molecular formula is C15H18F3N5O. The van der Waals surface area contributed by atoms with Gasteiger partial charge in [-0.25, -0.2) is 9.97 Å². The quantitative estimate of drug-likeness (QED) is 0.837. The molecule has 0 aliphatic carbocycles. The lowest BCUT2D eigenvalue weighted by Gasteiger charge is -2.35. The monoisotopic (exact) mass is 341 g/mol. The fourth-order valence-corrected chi connectivity index (χ4v) is 2.83. The van der Waals surface area contributed by atoms with Gasteiger partial charge in [-0.1, -0.05) is 0 Å². The average Bonchev–Trinajstić information content (AvgIpc) is 2.58. The molecule has 2 rings (SSSR count). The van der Waals surface area contributed by atoms with Crippen LogP contribution in [0.1, 0.15) is 25.5 Å². The second kappa shape index (κ2) is 7.47. The van der Waals surface area contributed by atoms with Gasteiger partial charge in [0.1, 0.15) is 12.6 Å². The summed E-state index contributed by atoms with van der Waals surface area (Å²) in [6.07, 6.45) is -0.410. The number of carbonyl (C=O) groups excluding carboxylic acids is 1. The van der Waals surface area contributed by atoms with Gasteiger partial charge in [0.05, 0.1) is 5.92 Å². The molecule has 0 aromatic carbocycles. The predicted octanol–water partition coefficient (Wildman–Crippen LogP) is 1.98. The van der Waals surface area contributed by atoms with Crippen molar-refractivity contribution in [3.8, 4) is 6.07 Å². The predicted molar refractivity (Wildman–Crippen MR) is 80.0 cm³/mol. The molecule has 130 valence electrons. The third kappa shape index (κ3) is 4.34. The van der Waals surface area contributed by atoms with E-state index in [-0.39, 0.29) is 18.8 Å². The normalized spacial score (nSPS) is 18.1. The van der Waals surface area contributed by atoms with Crippen LogP contribution in [0.25, 0.3) is 0 Å². The van der Waals surface area contributed by atoms with E-state index in [0.29, 0.717) is 25.2 Å². The van der Waals surface area contributed by atoms with Crippen LogP contribution in [0.3, 0.4) is 0 Å². The molecule has 24 heavy (non-hydrogen) atoms. The van der Waals surface area contributed by atoms with Crippen molar-refractivity contribution < 1.29 is 18.0 Å². The Labute approximate surface area is 137 Å². The Morgan fingerprint density at radius 1 is 1.46 bits per heavy atom. The Hall–Kier alpha value is -2.37. The Bertz CT molecular complexity index is 628. The molecule has 0 radical (unpaired) electrons. The summed E-state index contributed by atoms with van der Waals surface area (Å²) in [6, 6.07) is 1.94. The summed E-state index contributed by atoms with van der Waals surface area (Å²) < 4.78 is 37.8. The lowest BCUT2D eigenvalue weighted by Crippen LogP contribution is -2.47. The standard InChI is InChI=1S/C15H18F3N5O/c1-2-22(10-15(16,17)18)14(24)11-4-3-7-23(9-11)13-12(8-19)20-5-6-21-13/h5-6,11H,2-4,7,9-10H2,1H3/t11-/m1/s1. The number of halogens is 3. The SMILES string of the molecule is CCN(CC(F)(F)F)C(=O)[C@@H]1CCCN(c2nccnc2C#N)C1. The third-order valence-electron chi connectivity index (χ3n) is 3.92. The molecular weight excluding hydrogens is 323 g/mol. The highest BCUT2D eigenvalue weighted by molar-refractivity contribution is 5.80. The molecule has 1 fully saturated rings. The van der Waals surface area contributed by atoms with Crippen LogP contribution in [0.15, 0.2) is 12.4 Å². The van der Waals surface area contributed by atoms with E-state index in [9.17, 15) is 18.0 Å². The van der Waals surface area contributed by atoms with Gasteiger partial charge in [0.2, 0.25) is 5.91 Å². The number of anilines is 1. The van der Waals surface area contributed by atoms with Crippen LogP contribution in [0.5, 0.6) is 0 Å². The number of hydrogen-bond donors (Lipinski definition) is 0. The van der Waals surface area contributed by atoms with Crippen molar-refractivity contribution in [2.75, 3.05) is 31.1 Å². The molecule has 1 atom stereocenters. The number of rotatable bonds is 4. The molecule has 0 saturated carbocycles. The van der Waals surface area contributed by atoms with Crippen LogP contribution in [-0.2, 0) is 4.79 Å². The second-order valence-electron chi connectivity index (χ2n) is 5.59. The van der Waals surface area contributed by atoms with Crippen molar-refractivity contribution in [2.45, 2.75) is 25.9 Å². The van der Waals surface area contributed by atoms with Gasteiger partial charge < -0.3 is 9.80 Å². The maximum Gasteiger partial charge on any atom is 0.406 e. The first-order valence-electron chi connectivity index (χ1n) is 7.67. The summed E-state index contributed by atoms with van der Waals surface area (Å²) in [6.45, 7) is 1.11. The first kappa shape index (κ1) is 18.0. The first-order valence-corrected chi connectivity index (χ1v) is 7.67. The topological polar surface area (TPSA) is 73.1 Å². The van der Waals surface area contributed by atoms with Crippen LogP contribution in [0, 0.1) is 17.2 Å². The van der Waals surface area contributed by atoms with Gasteiger partial charge in [0, 0.05) is 32.0 Å². The van der Waals surface area contributed by atoms with Crippen molar-refractivity contribution in [3.63, 3.8) is 0 Å². The van der Waals surface area contributed by atoms with Gasteiger partial charge in [0.15, 0.2) is 11.5 Å². The maximum absolute atomic E-state index is 12.6. The molecule has 1 aromatic heterocycles. The zero-order chi connectivity index (χ0) is 17.7. The Morgan fingerprint density at radius 2 is 2.17 bits per heavy atom. The van der Waals surface area contributed by atoms with Crippen molar-refractivity contribution in [1.82, 2.24) is 14.9 Å². The van der Waals surface area contributed by atoms with Crippen LogP contribution in [0.4, 0.5) is 19.0 Å². The number of amides is 1. The lowest BCUT2D eigenvalue weighted by molar-refractivity contribution is -0.163. The Balaban J connectivity index is 2.12. The van der Waals surface area contributed by atoms with Crippen LogP contribution in [0.2, 0.25) is 0 Å². The van der Waals surface area contributed by atoms with E-state index in [1.165, 1.54) is 19.3 Å². The smallest absolute Gasteiger partial charge is 0.353 e. The zero-order valence-electron chi connectivity index (χ0n) is 13.3. The Kier molecular flexibility index (Phi) is 5.59. The third-order valence-corrected chi connectivity index (χ3v) is 3.92. The van der Waals surface area contributed by atoms with Crippen LogP contribution < -0.4 is 4.90 Å². The average molecular weight is 341 g/mol. The summed E-state index contributed by atoms with van der Waals surface area (Å²) in [5.74, 6) is -0.687. The lowest BCUT2D eigenvalue weighted by atomic mass is 9.96. The molecule has 0 N–H and O–H groups in total. The minimum absolute atomic E-state index is 0.00340. The van der Waals surface area contributed by atoms with E-state index in [2.05, 4.69) is 9.97 Å². The Morgan fingerprint density at radius 3 is 2.79 bits per heavy atom. The molecule has 0 unspecified atom stereocenters. The van der Waals surface area contributed by atoms with E-state index in [4.69, 9.17) is 5.26 Å². The summed E-state index contributed by atoms with van der Waals surface area (Å²) in [7, 11) is 0. The van der Waals surface area contributed by atoms with Crippen molar-refractivity contribution in [2.24, 2.45) is 5.92 Å². The number of nitrogens with zero attached hydrogens (tertiary/aromatic N) is 5. The molecule has 9 heteroatoms. The summed E-state index contributed by atoms with van der Waals surface area (Å²) >= 11 is 0. The van der Waals surface area contributed by atoms with E-state index >= 15 is 0 Å². The minimum Gasteiger partial charge on any atom is -0.353 e. The van der Waals surface area contributed by atoms with Gasteiger partial charge in [-0.2, -0.15) is 18.4 Å². The van der Waals surface area contributed by atoms with Gasteiger partial charge in [-0.15, -0.1) is 0 Å². The molecule has 1 amide bonds. The van der Waals surface area contributed by atoms with Gasteiger partial charge in [0.25, 0.3) is 0 Å². The minimum atomic E-state index is -4.42. The molecule has 1 aromatic rings. The van der Waals surface area contributed by atoms with Crippen LogP contribution in [-0.4, -0.2) is 53.1 Å². The van der Waals surface area contributed by atoms with Gasteiger partial charge in [-0.05, 0) is 19.8 Å². The first-order chi connectivity index (χ1) is 11.4. The second-order valence-corrected chi connectivity index (χ2v) is 5.59. The molecule has 0 bridgehead atoms. The van der Waals surface area contributed by atoms with Crippen LogP contribution >= 0.6 is 0 Å².